The number of rotatable bonds is 6. The lowest BCUT2D eigenvalue weighted by Crippen LogP contribution is -2.24. The number of nitrogens with one attached hydrogen (secondary N) is 1. The Morgan fingerprint density at radius 1 is 1.30 bits per heavy atom. The molecule has 1 rings (SSSR count). The third-order valence-electron chi connectivity index (χ3n) is 2.39. The van der Waals surface area contributed by atoms with Gasteiger partial charge in [0.1, 0.15) is 11.5 Å². The molecular formula is C14H14F3NO5. The van der Waals surface area contributed by atoms with Crippen LogP contribution in [0.2, 0.25) is 0 Å². The van der Waals surface area contributed by atoms with Gasteiger partial charge in [0.2, 0.25) is 0 Å². The Balaban J connectivity index is 2.68. The minimum atomic E-state index is -4.54. The molecule has 0 spiro atoms. The van der Waals surface area contributed by atoms with Gasteiger partial charge in [-0.3, -0.25) is 4.79 Å². The second-order valence-electron chi connectivity index (χ2n) is 4.25. The maximum Gasteiger partial charge on any atom is 0.422 e. The Morgan fingerprint density at radius 2 is 2.00 bits per heavy atom. The summed E-state index contributed by atoms with van der Waals surface area (Å²) in [7, 11) is 1.19. The maximum atomic E-state index is 12.1. The molecule has 6 nitrogen and oxygen atoms in total. The molecule has 23 heavy (non-hydrogen) atoms. The first kappa shape index (κ1) is 18.3. The van der Waals surface area contributed by atoms with Crippen molar-refractivity contribution in [3.05, 3.63) is 35.9 Å². The zero-order valence-corrected chi connectivity index (χ0v) is 12.0. The highest BCUT2D eigenvalue weighted by molar-refractivity contribution is 5.95. The van der Waals surface area contributed by atoms with Crippen molar-refractivity contribution in [1.82, 2.24) is 5.32 Å². The van der Waals surface area contributed by atoms with Gasteiger partial charge in [-0.05, 0) is 12.1 Å². The van der Waals surface area contributed by atoms with Crippen LogP contribution in [0.3, 0.4) is 0 Å². The smallest absolute Gasteiger partial charge is 0.422 e. The summed E-state index contributed by atoms with van der Waals surface area (Å²) in [6.45, 7) is -1.55. The van der Waals surface area contributed by atoms with E-state index in [1.165, 1.54) is 13.2 Å². The molecule has 9 heteroatoms. The monoisotopic (exact) mass is 333 g/mol. The standard InChI is InChI=1S/C14H14F3NO5/c1-22-12(20)3-2-4-18-13(21)9-5-10(19)7-11(6-9)23-8-14(15,16)17/h2-3,5-7,19H,4,8H2,1H3,(H,18,21)/b3-2+. The second kappa shape index (κ2) is 8.06. The van der Waals surface area contributed by atoms with Gasteiger partial charge in [-0.15, -0.1) is 0 Å². The highest BCUT2D eigenvalue weighted by atomic mass is 19.4. The highest BCUT2D eigenvalue weighted by Crippen LogP contribution is 2.24. The summed E-state index contributed by atoms with van der Waals surface area (Å²) < 4.78 is 45.1. The number of phenols is 1. The van der Waals surface area contributed by atoms with E-state index in [0.29, 0.717) is 0 Å². The van der Waals surface area contributed by atoms with Crippen LogP contribution in [0.1, 0.15) is 10.4 Å². The number of aromatic hydroxyl groups is 1. The SMILES string of the molecule is COC(=O)/C=C/CNC(=O)c1cc(O)cc(OCC(F)(F)F)c1. The van der Waals surface area contributed by atoms with Gasteiger partial charge in [0.25, 0.3) is 5.91 Å². The quantitative estimate of drug-likeness (QED) is 0.612. The van der Waals surface area contributed by atoms with E-state index in [1.54, 1.807) is 0 Å². The number of amides is 1. The van der Waals surface area contributed by atoms with Crippen molar-refractivity contribution in [3.63, 3.8) is 0 Å². The van der Waals surface area contributed by atoms with Gasteiger partial charge in [-0.2, -0.15) is 13.2 Å². The fourth-order valence-electron chi connectivity index (χ4n) is 1.44. The first-order chi connectivity index (χ1) is 10.7. The summed E-state index contributed by atoms with van der Waals surface area (Å²) in [6.07, 6.45) is -2.11. The summed E-state index contributed by atoms with van der Waals surface area (Å²) in [5, 5.41) is 11.8. The average molecular weight is 333 g/mol. The number of esters is 1. The maximum absolute atomic E-state index is 12.1. The van der Waals surface area contributed by atoms with E-state index in [1.807, 2.05) is 0 Å². The molecule has 1 aromatic rings. The fraction of sp³-hybridized carbons (Fsp3) is 0.286. The van der Waals surface area contributed by atoms with Gasteiger partial charge in [0.05, 0.1) is 7.11 Å². The molecule has 2 N–H and O–H groups in total. The molecule has 0 aliphatic heterocycles. The topological polar surface area (TPSA) is 84.9 Å². The van der Waals surface area contributed by atoms with Crippen LogP contribution in [0.5, 0.6) is 11.5 Å². The van der Waals surface area contributed by atoms with Crippen LogP contribution in [0.25, 0.3) is 0 Å². The Bertz CT molecular complexity index is 599. The van der Waals surface area contributed by atoms with Crippen molar-refractivity contribution in [1.29, 1.82) is 0 Å². The molecule has 1 aromatic carbocycles. The number of benzene rings is 1. The molecule has 0 unspecified atom stereocenters. The van der Waals surface area contributed by atoms with Crippen molar-refractivity contribution in [2.24, 2.45) is 0 Å². The lowest BCUT2D eigenvalue weighted by atomic mass is 10.2. The van der Waals surface area contributed by atoms with Crippen LogP contribution in [0.15, 0.2) is 30.4 Å². The largest absolute Gasteiger partial charge is 0.508 e. The summed E-state index contributed by atoms with van der Waals surface area (Å²) in [6, 6.07) is 3.09. The number of phenolic OH excluding ortho intramolecular Hbond substituents is 1. The number of halogens is 3. The summed E-state index contributed by atoms with van der Waals surface area (Å²) in [5.74, 6) is -1.97. The number of carbonyl (C=O) groups excluding carboxylic acids is 2. The average Bonchev–Trinajstić information content (AvgIpc) is 2.47. The van der Waals surface area contributed by atoms with Gasteiger partial charge >= 0.3 is 12.1 Å². The fourth-order valence-corrected chi connectivity index (χ4v) is 1.44. The molecule has 0 fully saturated rings. The van der Waals surface area contributed by atoms with Gasteiger partial charge in [-0.25, -0.2) is 4.79 Å². The normalized spacial score (nSPS) is 11.3. The summed E-state index contributed by atoms with van der Waals surface area (Å²) >= 11 is 0. The van der Waals surface area contributed by atoms with Gasteiger partial charge < -0.3 is 19.9 Å². The Hall–Kier alpha value is -2.71. The zero-order valence-electron chi connectivity index (χ0n) is 12.0. The van der Waals surface area contributed by atoms with Crippen molar-refractivity contribution >= 4 is 11.9 Å². The van der Waals surface area contributed by atoms with Gasteiger partial charge in [0, 0.05) is 24.3 Å². The number of alkyl halides is 3. The van der Waals surface area contributed by atoms with Crippen LogP contribution in [-0.4, -0.2) is 43.4 Å². The highest BCUT2D eigenvalue weighted by Gasteiger charge is 2.28. The molecule has 1 amide bonds. The van der Waals surface area contributed by atoms with Gasteiger partial charge in [-0.1, -0.05) is 6.08 Å². The van der Waals surface area contributed by atoms with Crippen LogP contribution >= 0.6 is 0 Å². The van der Waals surface area contributed by atoms with E-state index in [-0.39, 0.29) is 17.9 Å². The number of hydrogen-bond acceptors (Lipinski definition) is 5. The molecule has 0 bridgehead atoms. The molecule has 0 atom stereocenters. The Labute approximate surface area is 129 Å². The Kier molecular flexibility index (Phi) is 6.43. The minimum absolute atomic E-state index is 0.0116. The first-order valence-electron chi connectivity index (χ1n) is 6.27. The van der Waals surface area contributed by atoms with E-state index in [2.05, 4.69) is 14.8 Å². The van der Waals surface area contributed by atoms with Crippen LogP contribution in [0, 0.1) is 0 Å². The summed E-state index contributed by atoms with van der Waals surface area (Å²) in [4.78, 5) is 22.6. The molecule has 0 aliphatic carbocycles. The lowest BCUT2D eigenvalue weighted by molar-refractivity contribution is -0.153. The van der Waals surface area contributed by atoms with Crippen LogP contribution < -0.4 is 10.1 Å². The molecule has 0 saturated heterocycles. The van der Waals surface area contributed by atoms with E-state index < -0.39 is 30.4 Å². The second-order valence-corrected chi connectivity index (χ2v) is 4.25. The molecule has 0 aromatic heterocycles. The molecular weight excluding hydrogens is 319 g/mol. The molecule has 0 radical (unpaired) electrons. The van der Waals surface area contributed by atoms with Crippen molar-refractivity contribution < 1.29 is 37.3 Å². The van der Waals surface area contributed by atoms with Crippen molar-refractivity contribution in [2.75, 3.05) is 20.3 Å². The minimum Gasteiger partial charge on any atom is -0.508 e. The third kappa shape index (κ3) is 7.21. The number of hydrogen-bond donors (Lipinski definition) is 2. The van der Waals surface area contributed by atoms with Crippen molar-refractivity contribution in [2.45, 2.75) is 6.18 Å². The summed E-state index contributed by atoms with van der Waals surface area (Å²) in [5.41, 5.74) is -0.0892. The predicted molar refractivity (Wildman–Crippen MR) is 73.1 cm³/mol. The predicted octanol–water partition coefficient (Wildman–Crippen LogP) is 1.79. The Morgan fingerprint density at radius 3 is 2.61 bits per heavy atom. The molecule has 0 aliphatic rings. The number of methoxy groups -OCH3 is 1. The van der Waals surface area contributed by atoms with Gasteiger partial charge in [0.15, 0.2) is 6.61 Å². The molecule has 0 saturated carbocycles. The van der Waals surface area contributed by atoms with Crippen LogP contribution in [0.4, 0.5) is 13.2 Å². The molecule has 0 heterocycles. The van der Waals surface area contributed by atoms with Crippen molar-refractivity contribution in [3.8, 4) is 11.5 Å². The van der Waals surface area contributed by atoms with E-state index in [4.69, 9.17) is 0 Å². The lowest BCUT2D eigenvalue weighted by Gasteiger charge is -2.11. The number of ether oxygens (including phenoxy) is 2. The first-order valence-corrected chi connectivity index (χ1v) is 6.27. The van der Waals surface area contributed by atoms with E-state index in [0.717, 1.165) is 24.3 Å². The molecule has 126 valence electrons. The number of carbonyl (C=O) groups is 2. The zero-order chi connectivity index (χ0) is 17.5. The van der Waals surface area contributed by atoms with Crippen LogP contribution in [-0.2, 0) is 9.53 Å². The third-order valence-corrected chi connectivity index (χ3v) is 2.39. The van der Waals surface area contributed by atoms with E-state index in [9.17, 15) is 27.9 Å². The van der Waals surface area contributed by atoms with E-state index >= 15 is 0 Å².